The van der Waals surface area contributed by atoms with Gasteiger partial charge < -0.3 is 19.3 Å². The van der Waals surface area contributed by atoms with Gasteiger partial charge in [0.25, 0.3) is 10.1 Å². The molecule has 1 atom stereocenters. The van der Waals surface area contributed by atoms with Crippen LogP contribution in [0.3, 0.4) is 0 Å². The normalized spacial score (nSPS) is 14.6. The molecule has 1 unspecified atom stereocenters. The fourth-order valence-electron chi connectivity index (χ4n) is 3.15. The van der Waals surface area contributed by atoms with Gasteiger partial charge in [0.05, 0.1) is 26.1 Å². The first-order valence-electron chi connectivity index (χ1n) is 8.99. The largest absolute Gasteiger partial charge is 0.374 e. The molecule has 1 aromatic carbocycles. The molecule has 28 heavy (non-hydrogen) atoms. The molecule has 0 saturated heterocycles. The second kappa shape index (κ2) is 10.3. The van der Waals surface area contributed by atoms with Crippen LogP contribution in [0.15, 0.2) is 30.3 Å². The van der Waals surface area contributed by atoms with Gasteiger partial charge in [0.15, 0.2) is 5.34 Å². The molecule has 2 N–H and O–H groups in total. The van der Waals surface area contributed by atoms with E-state index < -0.39 is 47.6 Å². The molecule has 0 aliphatic heterocycles. The van der Waals surface area contributed by atoms with Gasteiger partial charge in [-0.2, -0.15) is 8.42 Å². The predicted octanol–water partition coefficient (Wildman–Crippen LogP) is 2.75. The van der Waals surface area contributed by atoms with Crippen molar-refractivity contribution < 1.29 is 36.4 Å². The smallest absolute Gasteiger partial charge is 0.357 e. The van der Waals surface area contributed by atoms with E-state index >= 15 is 0 Å². The molecule has 0 spiro atoms. The van der Waals surface area contributed by atoms with Crippen LogP contribution in [0.5, 0.6) is 0 Å². The molecule has 8 nitrogen and oxygen atoms in total. The Kier molecular flexibility index (Phi) is 9.28. The molecular formula is C18H31O8PS. The first kappa shape index (κ1) is 25.2. The molecule has 0 aliphatic rings. The Morgan fingerprint density at radius 1 is 1.04 bits per heavy atom. The summed E-state index contributed by atoms with van der Waals surface area (Å²) in [6.07, 6.45) is -0.0911. The highest BCUT2D eigenvalue weighted by atomic mass is 32.2. The molecule has 0 heterocycles. The van der Waals surface area contributed by atoms with Crippen molar-refractivity contribution in [2.24, 2.45) is 11.8 Å². The summed E-state index contributed by atoms with van der Waals surface area (Å²) in [6.45, 7) is 6.35. The summed E-state index contributed by atoms with van der Waals surface area (Å²) in [5.74, 6) is -1.08. The number of ether oxygens (including phenoxy) is 2. The summed E-state index contributed by atoms with van der Waals surface area (Å²) in [4.78, 5) is 20.1. The minimum absolute atomic E-state index is 0.0917. The molecule has 0 bridgehead atoms. The molecule has 0 aliphatic carbocycles. The second-order valence-electron chi connectivity index (χ2n) is 7.33. The molecule has 0 saturated carbocycles. The van der Waals surface area contributed by atoms with Gasteiger partial charge in [-0.3, -0.25) is 8.75 Å². The highest BCUT2D eigenvalue weighted by Gasteiger charge is 2.54. The van der Waals surface area contributed by atoms with Crippen molar-refractivity contribution >= 4 is 17.7 Å². The lowest BCUT2D eigenvalue weighted by molar-refractivity contribution is -0.138. The van der Waals surface area contributed by atoms with E-state index in [1.165, 1.54) is 0 Å². The number of benzene rings is 1. The summed E-state index contributed by atoms with van der Waals surface area (Å²) >= 11 is 0. The monoisotopic (exact) mass is 438 g/mol. The molecule has 0 fully saturated rings. The summed E-state index contributed by atoms with van der Waals surface area (Å²) in [6, 6.07) is 9.32. The topological polar surface area (TPSA) is 119 Å². The maximum atomic E-state index is 12.3. The molecule has 1 rings (SSSR count). The average Bonchev–Trinajstić information content (AvgIpc) is 2.55. The van der Waals surface area contributed by atoms with Gasteiger partial charge in [0.2, 0.25) is 0 Å². The fourth-order valence-corrected chi connectivity index (χ4v) is 5.18. The van der Waals surface area contributed by atoms with Crippen LogP contribution < -0.4 is 0 Å². The highest BCUT2D eigenvalue weighted by molar-refractivity contribution is 7.85. The van der Waals surface area contributed by atoms with Crippen molar-refractivity contribution in [3.63, 3.8) is 0 Å². The van der Waals surface area contributed by atoms with E-state index in [9.17, 15) is 22.8 Å². The maximum Gasteiger partial charge on any atom is 0.357 e. The number of rotatable bonds is 12. The Balaban J connectivity index is 3.02. The Morgan fingerprint density at radius 3 is 2.00 bits per heavy atom. The molecule has 0 aromatic heterocycles. The minimum atomic E-state index is -4.71. The van der Waals surface area contributed by atoms with Gasteiger partial charge in [-0.1, -0.05) is 58.0 Å². The lowest BCUT2D eigenvalue weighted by Gasteiger charge is -2.43. The van der Waals surface area contributed by atoms with E-state index in [0.717, 1.165) is 11.8 Å². The van der Waals surface area contributed by atoms with Crippen LogP contribution in [0.4, 0.5) is 0 Å². The van der Waals surface area contributed by atoms with Crippen LogP contribution in [0.25, 0.3) is 0 Å². The third-order valence-electron chi connectivity index (χ3n) is 4.35. The average molecular weight is 438 g/mol. The standard InChI is InChI=1S/C18H31O8PS/c1-14(2)18(15(3)4,27(19,20)21)26-17(13-25-28(5,22)23)12-24-11-16-9-7-6-8-10-16/h6-10,14-15,17H,11-13H2,1-5H3,(H2,19,20,21). The third kappa shape index (κ3) is 7.22. The van der Waals surface area contributed by atoms with Crippen molar-refractivity contribution in [2.45, 2.75) is 45.7 Å². The lowest BCUT2D eigenvalue weighted by atomic mass is 9.95. The first-order chi connectivity index (χ1) is 12.8. The maximum absolute atomic E-state index is 12.3. The summed E-state index contributed by atoms with van der Waals surface area (Å²) in [5.41, 5.74) is 0.902. The van der Waals surface area contributed by atoms with Gasteiger partial charge in [0, 0.05) is 0 Å². The zero-order valence-corrected chi connectivity index (χ0v) is 18.7. The molecule has 0 amide bonds. The summed E-state index contributed by atoms with van der Waals surface area (Å²) in [7, 11) is -8.47. The van der Waals surface area contributed by atoms with Crippen LogP contribution in [0.1, 0.15) is 33.3 Å². The number of hydrogen-bond acceptors (Lipinski definition) is 6. The zero-order valence-electron chi connectivity index (χ0n) is 16.9. The Bertz CT molecular complexity index is 734. The van der Waals surface area contributed by atoms with E-state index in [1.807, 2.05) is 30.3 Å². The van der Waals surface area contributed by atoms with Crippen molar-refractivity contribution in [1.29, 1.82) is 0 Å². The quantitative estimate of drug-likeness (QED) is 0.378. The molecule has 10 heteroatoms. The van der Waals surface area contributed by atoms with E-state index in [2.05, 4.69) is 0 Å². The minimum Gasteiger partial charge on any atom is -0.374 e. The van der Waals surface area contributed by atoms with Crippen LogP contribution >= 0.6 is 7.60 Å². The van der Waals surface area contributed by atoms with Gasteiger partial charge in [-0.15, -0.1) is 0 Å². The Morgan fingerprint density at radius 2 is 1.57 bits per heavy atom. The van der Waals surface area contributed by atoms with Gasteiger partial charge in [-0.25, -0.2) is 0 Å². The Hall–Kier alpha value is -0.800. The first-order valence-corrected chi connectivity index (χ1v) is 12.4. The van der Waals surface area contributed by atoms with Crippen LogP contribution in [-0.4, -0.2) is 49.1 Å². The summed E-state index contributed by atoms with van der Waals surface area (Å²) in [5, 5.41) is -1.80. The molecule has 1 aromatic rings. The van der Waals surface area contributed by atoms with E-state index in [-0.39, 0.29) is 13.2 Å². The lowest BCUT2D eigenvalue weighted by Crippen LogP contribution is -2.48. The van der Waals surface area contributed by atoms with E-state index in [0.29, 0.717) is 0 Å². The van der Waals surface area contributed by atoms with Crippen LogP contribution in [-0.2, 0) is 34.9 Å². The van der Waals surface area contributed by atoms with Crippen molar-refractivity contribution in [1.82, 2.24) is 0 Å². The highest BCUT2D eigenvalue weighted by Crippen LogP contribution is 2.59. The Labute approximate surface area is 167 Å². The predicted molar refractivity (Wildman–Crippen MR) is 106 cm³/mol. The van der Waals surface area contributed by atoms with Gasteiger partial charge in [0.1, 0.15) is 6.10 Å². The van der Waals surface area contributed by atoms with Crippen molar-refractivity contribution in [2.75, 3.05) is 19.5 Å². The van der Waals surface area contributed by atoms with Gasteiger partial charge in [-0.05, 0) is 17.4 Å². The molecule has 162 valence electrons. The zero-order chi connectivity index (χ0) is 21.6. The van der Waals surface area contributed by atoms with Crippen molar-refractivity contribution in [3.05, 3.63) is 35.9 Å². The summed E-state index contributed by atoms with van der Waals surface area (Å²) < 4.78 is 51.4. The van der Waals surface area contributed by atoms with E-state index in [4.69, 9.17) is 13.7 Å². The van der Waals surface area contributed by atoms with Crippen LogP contribution in [0, 0.1) is 11.8 Å². The van der Waals surface area contributed by atoms with E-state index in [1.54, 1.807) is 27.7 Å². The van der Waals surface area contributed by atoms with Crippen molar-refractivity contribution in [3.8, 4) is 0 Å². The second-order valence-corrected chi connectivity index (χ2v) is 10.8. The molecular weight excluding hydrogens is 407 g/mol. The fraction of sp³-hybridized carbons (Fsp3) is 0.667. The third-order valence-corrected chi connectivity index (χ3v) is 6.96. The molecule has 0 radical (unpaired) electrons. The number of hydrogen-bond donors (Lipinski definition) is 2. The van der Waals surface area contributed by atoms with Crippen LogP contribution in [0.2, 0.25) is 0 Å². The SMILES string of the molecule is CC(C)C(OC(COCc1ccccc1)COS(C)(=O)=O)(C(C)C)P(=O)(O)O. The van der Waals surface area contributed by atoms with Gasteiger partial charge >= 0.3 is 7.60 Å².